The molecule has 0 bridgehead atoms. The summed E-state index contributed by atoms with van der Waals surface area (Å²) in [7, 11) is 1.70. The molecule has 24 heavy (non-hydrogen) atoms. The van der Waals surface area contributed by atoms with E-state index in [1.165, 1.54) is 22.3 Å². The minimum Gasteiger partial charge on any atom is -0.383 e. The van der Waals surface area contributed by atoms with Gasteiger partial charge in [0.25, 0.3) is 0 Å². The number of nitrogens with zero attached hydrogens (tertiary/aromatic N) is 1. The zero-order valence-corrected chi connectivity index (χ0v) is 13.9. The number of ether oxygens (including phenoxy) is 1. The third-order valence-corrected chi connectivity index (χ3v) is 4.54. The fraction of sp³-hybridized carbons (Fsp3) is 0.316. The highest BCUT2D eigenvalue weighted by Gasteiger charge is 2.13. The fourth-order valence-corrected chi connectivity index (χ4v) is 3.30. The van der Waals surface area contributed by atoms with E-state index in [1.807, 2.05) is 6.20 Å². The molecule has 0 saturated heterocycles. The lowest BCUT2D eigenvalue weighted by Crippen LogP contribution is -2.23. The second-order valence-corrected chi connectivity index (χ2v) is 6.12. The number of rotatable bonds is 5. The molecule has 2 aromatic heterocycles. The van der Waals surface area contributed by atoms with Crippen LogP contribution in [0.3, 0.4) is 0 Å². The van der Waals surface area contributed by atoms with Gasteiger partial charge in [0, 0.05) is 31.8 Å². The van der Waals surface area contributed by atoms with Gasteiger partial charge in [-0.1, -0.05) is 12.1 Å². The highest BCUT2D eigenvalue weighted by Crippen LogP contribution is 2.31. The molecule has 3 heterocycles. The van der Waals surface area contributed by atoms with Crippen LogP contribution >= 0.6 is 0 Å². The summed E-state index contributed by atoms with van der Waals surface area (Å²) in [4.78, 5) is 7.87. The average Bonchev–Trinajstić information content (AvgIpc) is 3.09. The minimum absolute atomic E-state index is 0.657. The molecule has 0 spiro atoms. The molecule has 0 saturated carbocycles. The first-order valence-electron chi connectivity index (χ1n) is 8.39. The summed E-state index contributed by atoms with van der Waals surface area (Å²) in [6.07, 6.45) is 3.05. The molecule has 3 aromatic rings. The van der Waals surface area contributed by atoms with Crippen LogP contribution in [0.25, 0.3) is 22.2 Å². The zero-order valence-electron chi connectivity index (χ0n) is 13.9. The molecule has 0 atom stereocenters. The maximum atomic E-state index is 5.11. The van der Waals surface area contributed by atoms with Crippen LogP contribution in [-0.4, -0.2) is 36.8 Å². The molecule has 5 nitrogen and oxygen atoms in total. The van der Waals surface area contributed by atoms with Crippen LogP contribution < -0.4 is 10.6 Å². The van der Waals surface area contributed by atoms with E-state index in [2.05, 4.69) is 50.9 Å². The smallest absolute Gasteiger partial charge is 0.140 e. The number of aromatic amines is 1. The van der Waals surface area contributed by atoms with Crippen molar-refractivity contribution in [1.29, 1.82) is 0 Å². The number of aromatic nitrogens is 2. The van der Waals surface area contributed by atoms with E-state index in [-0.39, 0.29) is 0 Å². The molecule has 3 N–H and O–H groups in total. The molecule has 124 valence electrons. The van der Waals surface area contributed by atoms with Gasteiger partial charge in [-0.05, 0) is 53.4 Å². The lowest BCUT2D eigenvalue weighted by atomic mass is 9.95. The van der Waals surface area contributed by atoms with Crippen molar-refractivity contribution in [3.63, 3.8) is 0 Å². The van der Waals surface area contributed by atoms with Gasteiger partial charge in [0.05, 0.1) is 6.61 Å². The molecule has 0 fully saturated rings. The van der Waals surface area contributed by atoms with Crippen molar-refractivity contribution in [3.8, 4) is 11.1 Å². The number of hydrogen-bond acceptors (Lipinski definition) is 4. The van der Waals surface area contributed by atoms with Gasteiger partial charge in [-0.15, -0.1) is 0 Å². The Morgan fingerprint density at radius 3 is 3.08 bits per heavy atom. The molecule has 1 aliphatic heterocycles. The quantitative estimate of drug-likeness (QED) is 0.632. The van der Waals surface area contributed by atoms with E-state index in [9.17, 15) is 0 Å². The SMILES string of the molecule is COCCNc1cc(-c2ccc3c(c2)CNCC3)c2cc[nH]c2n1. The van der Waals surface area contributed by atoms with E-state index in [0.29, 0.717) is 6.61 Å². The van der Waals surface area contributed by atoms with Crippen LogP contribution in [0, 0.1) is 0 Å². The molecular formula is C19H22N4O. The summed E-state index contributed by atoms with van der Waals surface area (Å²) in [5.41, 5.74) is 6.19. The second kappa shape index (κ2) is 6.63. The van der Waals surface area contributed by atoms with Crippen molar-refractivity contribution in [2.45, 2.75) is 13.0 Å². The molecule has 0 aliphatic carbocycles. The highest BCUT2D eigenvalue weighted by atomic mass is 16.5. The monoisotopic (exact) mass is 322 g/mol. The molecule has 0 radical (unpaired) electrons. The lowest BCUT2D eigenvalue weighted by Gasteiger charge is -2.18. The zero-order chi connectivity index (χ0) is 16.4. The molecule has 0 amide bonds. The number of H-pyrrole nitrogens is 1. The molecular weight excluding hydrogens is 300 g/mol. The Hall–Kier alpha value is -2.37. The third kappa shape index (κ3) is 2.88. The van der Waals surface area contributed by atoms with E-state index in [1.54, 1.807) is 7.11 Å². The predicted octanol–water partition coefficient (Wildman–Crippen LogP) is 2.93. The van der Waals surface area contributed by atoms with Gasteiger partial charge in [-0.3, -0.25) is 0 Å². The van der Waals surface area contributed by atoms with Crippen LogP contribution in [0.4, 0.5) is 5.82 Å². The van der Waals surface area contributed by atoms with E-state index >= 15 is 0 Å². The minimum atomic E-state index is 0.657. The van der Waals surface area contributed by atoms with Gasteiger partial charge in [-0.2, -0.15) is 0 Å². The van der Waals surface area contributed by atoms with Crippen LogP contribution in [0.2, 0.25) is 0 Å². The van der Waals surface area contributed by atoms with Crippen LogP contribution in [0.15, 0.2) is 36.5 Å². The summed E-state index contributed by atoms with van der Waals surface area (Å²) in [5.74, 6) is 0.868. The first kappa shape index (κ1) is 15.2. The number of nitrogens with one attached hydrogen (secondary N) is 3. The van der Waals surface area contributed by atoms with Crippen molar-refractivity contribution in [1.82, 2.24) is 15.3 Å². The molecule has 5 heteroatoms. The third-order valence-electron chi connectivity index (χ3n) is 4.54. The second-order valence-electron chi connectivity index (χ2n) is 6.12. The maximum absolute atomic E-state index is 5.11. The Morgan fingerprint density at radius 1 is 1.21 bits per heavy atom. The Labute approximate surface area is 141 Å². The van der Waals surface area contributed by atoms with E-state index in [0.717, 1.165) is 42.9 Å². The number of methoxy groups -OCH3 is 1. The van der Waals surface area contributed by atoms with Gasteiger partial charge < -0.3 is 20.4 Å². The van der Waals surface area contributed by atoms with Crippen molar-refractivity contribution in [3.05, 3.63) is 47.7 Å². The number of anilines is 1. The van der Waals surface area contributed by atoms with Crippen LogP contribution in [0.1, 0.15) is 11.1 Å². The molecule has 4 rings (SSSR count). The highest BCUT2D eigenvalue weighted by molar-refractivity contribution is 5.94. The Morgan fingerprint density at radius 2 is 2.17 bits per heavy atom. The summed E-state index contributed by atoms with van der Waals surface area (Å²) in [6, 6.07) is 11.0. The number of hydrogen-bond donors (Lipinski definition) is 3. The van der Waals surface area contributed by atoms with Crippen LogP contribution in [-0.2, 0) is 17.7 Å². The first-order chi connectivity index (χ1) is 11.8. The van der Waals surface area contributed by atoms with Crippen molar-refractivity contribution in [2.75, 3.05) is 32.1 Å². The molecule has 1 aromatic carbocycles. The summed E-state index contributed by atoms with van der Waals surface area (Å²) < 4.78 is 5.11. The van der Waals surface area contributed by atoms with Gasteiger partial charge >= 0.3 is 0 Å². The number of pyridine rings is 1. The first-order valence-corrected chi connectivity index (χ1v) is 8.39. The largest absolute Gasteiger partial charge is 0.383 e. The Bertz CT molecular complexity index is 856. The molecule has 1 aliphatic rings. The van der Waals surface area contributed by atoms with E-state index in [4.69, 9.17) is 4.74 Å². The summed E-state index contributed by atoms with van der Waals surface area (Å²) in [5, 5.41) is 7.93. The standard InChI is InChI=1S/C19H22N4O/c1-24-9-8-21-18-11-17(16-5-7-22-19(16)23-18)14-3-2-13-4-6-20-12-15(13)10-14/h2-3,5,7,10-11,20H,4,6,8-9,12H2,1H3,(H2,21,22,23). The Balaban J connectivity index is 1.75. The summed E-state index contributed by atoms with van der Waals surface area (Å²) in [6.45, 7) is 3.41. The lowest BCUT2D eigenvalue weighted by molar-refractivity contribution is 0.210. The number of benzene rings is 1. The average molecular weight is 322 g/mol. The van der Waals surface area contributed by atoms with Crippen molar-refractivity contribution >= 4 is 16.9 Å². The van der Waals surface area contributed by atoms with Crippen molar-refractivity contribution in [2.24, 2.45) is 0 Å². The van der Waals surface area contributed by atoms with Gasteiger partial charge in [0.2, 0.25) is 0 Å². The predicted molar refractivity (Wildman–Crippen MR) is 97.3 cm³/mol. The van der Waals surface area contributed by atoms with Gasteiger partial charge in [0.15, 0.2) is 0 Å². The number of fused-ring (bicyclic) bond motifs is 2. The fourth-order valence-electron chi connectivity index (χ4n) is 3.30. The summed E-state index contributed by atoms with van der Waals surface area (Å²) >= 11 is 0. The van der Waals surface area contributed by atoms with Gasteiger partial charge in [-0.25, -0.2) is 4.98 Å². The Kier molecular flexibility index (Phi) is 4.19. The van der Waals surface area contributed by atoms with Gasteiger partial charge in [0.1, 0.15) is 11.5 Å². The van der Waals surface area contributed by atoms with E-state index < -0.39 is 0 Å². The normalized spacial score (nSPS) is 13.9. The van der Waals surface area contributed by atoms with Crippen molar-refractivity contribution < 1.29 is 4.74 Å². The maximum Gasteiger partial charge on any atom is 0.140 e. The molecule has 0 unspecified atom stereocenters. The topological polar surface area (TPSA) is 62.0 Å². The van der Waals surface area contributed by atoms with Crippen LogP contribution in [0.5, 0.6) is 0 Å².